The van der Waals surface area contributed by atoms with Crippen molar-refractivity contribution in [2.45, 2.75) is 39.3 Å². The Morgan fingerprint density at radius 2 is 1.60 bits per heavy atom. The van der Waals surface area contributed by atoms with Gasteiger partial charge in [0, 0.05) is 22.9 Å². The Morgan fingerprint density at radius 1 is 0.857 bits per heavy atom. The number of Topliss-reactive ketones (excluding diaryl/α,β-unsaturated/α-hetero) is 1. The highest BCUT2D eigenvalue weighted by Crippen LogP contribution is 2.42. The van der Waals surface area contributed by atoms with Gasteiger partial charge in [-0.25, -0.2) is 4.79 Å². The molecular weight excluding hydrogens is 545 g/mol. The quantitative estimate of drug-likeness (QED) is 0.123. The van der Waals surface area contributed by atoms with Crippen LogP contribution in [0.3, 0.4) is 0 Å². The monoisotopic (exact) mass is 574 g/mol. The molecule has 0 saturated heterocycles. The third kappa shape index (κ3) is 5.88. The van der Waals surface area contributed by atoms with Crippen LogP contribution in [0.4, 0.5) is 13.2 Å². The largest absolute Gasteiger partial charge is 0.481 e. The number of halogens is 3. The lowest BCUT2D eigenvalue weighted by atomic mass is 9.93. The van der Waals surface area contributed by atoms with Crippen LogP contribution >= 0.6 is 0 Å². The van der Waals surface area contributed by atoms with Gasteiger partial charge in [0.25, 0.3) is 0 Å². The van der Waals surface area contributed by atoms with Crippen LogP contribution < -0.4 is 4.74 Å². The van der Waals surface area contributed by atoms with Crippen molar-refractivity contribution in [2.75, 3.05) is 13.2 Å². The van der Waals surface area contributed by atoms with Crippen molar-refractivity contribution >= 4 is 33.5 Å². The van der Waals surface area contributed by atoms with Gasteiger partial charge in [-0.3, -0.25) is 4.79 Å². The minimum atomic E-state index is -4.48. The van der Waals surface area contributed by atoms with E-state index >= 15 is 0 Å². The highest BCUT2D eigenvalue weighted by Gasteiger charge is 2.30. The van der Waals surface area contributed by atoms with E-state index in [4.69, 9.17) is 13.9 Å². The van der Waals surface area contributed by atoms with E-state index < -0.39 is 17.7 Å². The second kappa shape index (κ2) is 12.1. The molecule has 5 nitrogen and oxygen atoms in total. The summed E-state index contributed by atoms with van der Waals surface area (Å²) in [5.41, 5.74) is 2.08. The summed E-state index contributed by atoms with van der Waals surface area (Å²) in [6.45, 7) is 3.56. The van der Waals surface area contributed by atoms with E-state index in [1.807, 2.05) is 49.4 Å². The number of carbonyl (C=O) groups is 2. The summed E-state index contributed by atoms with van der Waals surface area (Å²) < 4.78 is 56.8. The van der Waals surface area contributed by atoms with Gasteiger partial charge < -0.3 is 13.9 Å². The molecule has 5 rings (SSSR count). The van der Waals surface area contributed by atoms with E-state index in [0.29, 0.717) is 51.2 Å². The average Bonchev–Trinajstić information content (AvgIpc) is 3.38. The Hall–Kier alpha value is -4.59. The van der Waals surface area contributed by atoms with Crippen LogP contribution in [0.25, 0.3) is 44.2 Å². The first-order valence-electron chi connectivity index (χ1n) is 13.8. The number of benzene rings is 4. The Bertz CT molecular complexity index is 1750. The number of furan rings is 1. The van der Waals surface area contributed by atoms with E-state index in [-0.39, 0.29) is 19.0 Å². The molecule has 4 aromatic carbocycles. The molecule has 216 valence electrons. The second-order valence-electron chi connectivity index (χ2n) is 9.87. The van der Waals surface area contributed by atoms with Crippen molar-refractivity contribution in [3.8, 4) is 28.2 Å². The molecule has 5 aromatic rings. The molecule has 0 spiro atoms. The first-order chi connectivity index (χ1) is 20.2. The molecule has 1 heterocycles. The van der Waals surface area contributed by atoms with Gasteiger partial charge >= 0.3 is 12.1 Å². The lowest BCUT2D eigenvalue weighted by Crippen LogP contribution is -2.15. The maximum Gasteiger partial charge on any atom is 0.416 e. The van der Waals surface area contributed by atoms with Crippen molar-refractivity contribution in [1.82, 2.24) is 0 Å². The van der Waals surface area contributed by atoms with Gasteiger partial charge in [-0.2, -0.15) is 13.2 Å². The Kier molecular flexibility index (Phi) is 8.34. The van der Waals surface area contributed by atoms with Gasteiger partial charge in [-0.1, -0.05) is 61.9 Å². The summed E-state index contributed by atoms with van der Waals surface area (Å²) >= 11 is 0. The second-order valence-corrected chi connectivity index (χ2v) is 9.87. The summed E-state index contributed by atoms with van der Waals surface area (Å²) in [4.78, 5) is 25.3. The van der Waals surface area contributed by atoms with E-state index in [2.05, 4.69) is 0 Å². The van der Waals surface area contributed by atoms with Crippen LogP contribution in [0.2, 0.25) is 0 Å². The molecule has 0 radical (unpaired) electrons. The van der Waals surface area contributed by atoms with Gasteiger partial charge in [0.05, 0.1) is 17.7 Å². The third-order valence-corrected chi connectivity index (χ3v) is 7.03. The van der Waals surface area contributed by atoms with Gasteiger partial charge in [0.2, 0.25) is 0 Å². The first-order valence-corrected chi connectivity index (χ1v) is 13.8. The minimum Gasteiger partial charge on any atom is -0.481 e. The SMILES string of the molecule is CCCCC(=O)c1c(-c2ccc3c(-c4ccc(C(F)(F)F)cc4)c(OCC(=O)OCC)ccc3c2)oc2ccccc12. The molecule has 0 N–H and O–H groups in total. The summed E-state index contributed by atoms with van der Waals surface area (Å²) in [5.74, 6) is 0.238. The molecule has 0 aliphatic heterocycles. The third-order valence-electron chi connectivity index (χ3n) is 7.03. The van der Waals surface area contributed by atoms with Gasteiger partial charge in [-0.05, 0) is 60.0 Å². The zero-order valence-electron chi connectivity index (χ0n) is 23.2. The Labute approximate surface area is 240 Å². The topological polar surface area (TPSA) is 65.7 Å². The summed E-state index contributed by atoms with van der Waals surface area (Å²) in [7, 11) is 0. The molecule has 42 heavy (non-hydrogen) atoms. The van der Waals surface area contributed by atoms with Crippen molar-refractivity contribution < 1.29 is 36.7 Å². The number of ether oxygens (including phenoxy) is 2. The number of alkyl halides is 3. The lowest BCUT2D eigenvalue weighted by Gasteiger charge is -2.16. The number of unbranched alkanes of at least 4 members (excludes halogenated alkanes) is 1. The van der Waals surface area contributed by atoms with E-state index in [1.165, 1.54) is 12.1 Å². The molecular formula is C34H29F3O5. The van der Waals surface area contributed by atoms with Crippen LogP contribution in [0.1, 0.15) is 49.0 Å². The number of rotatable bonds is 10. The number of carbonyl (C=O) groups excluding carboxylic acids is 2. The molecule has 0 amide bonds. The zero-order chi connectivity index (χ0) is 29.9. The zero-order valence-corrected chi connectivity index (χ0v) is 23.2. The van der Waals surface area contributed by atoms with Crippen molar-refractivity contribution in [3.63, 3.8) is 0 Å². The van der Waals surface area contributed by atoms with Crippen LogP contribution in [0, 0.1) is 0 Å². The van der Waals surface area contributed by atoms with Crippen LogP contribution in [-0.4, -0.2) is 25.0 Å². The van der Waals surface area contributed by atoms with Crippen molar-refractivity contribution in [1.29, 1.82) is 0 Å². The molecule has 8 heteroatoms. The number of esters is 1. The fourth-order valence-electron chi connectivity index (χ4n) is 5.02. The molecule has 0 unspecified atom stereocenters. The fourth-order valence-corrected chi connectivity index (χ4v) is 5.02. The van der Waals surface area contributed by atoms with Crippen LogP contribution in [0.15, 0.2) is 83.3 Å². The Balaban J connectivity index is 1.64. The lowest BCUT2D eigenvalue weighted by molar-refractivity contribution is -0.145. The van der Waals surface area contributed by atoms with E-state index in [9.17, 15) is 22.8 Å². The normalized spacial score (nSPS) is 11.6. The first kappa shape index (κ1) is 28.9. The maximum absolute atomic E-state index is 13.3. The predicted molar refractivity (Wildman–Crippen MR) is 156 cm³/mol. The van der Waals surface area contributed by atoms with Crippen molar-refractivity contribution in [3.05, 3.63) is 90.0 Å². The highest BCUT2D eigenvalue weighted by atomic mass is 19.4. The predicted octanol–water partition coefficient (Wildman–Crippen LogP) is 9.25. The fraction of sp³-hybridized carbons (Fsp3) is 0.235. The smallest absolute Gasteiger partial charge is 0.416 e. The number of hydrogen-bond donors (Lipinski definition) is 0. The van der Waals surface area contributed by atoms with E-state index in [0.717, 1.165) is 35.7 Å². The van der Waals surface area contributed by atoms with E-state index in [1.54, 1.807) is 19.1 Å². The van der Waals surface area contributed by atoms with Crippen LogP contribution in [0.5, 0.6) is 5.75 Å². The molecule has 0 fully saturated rings. The molecule has 1 aromatic heterocycles. The summed E-state index contributed by atoms with van der Waals surface area (Å²) in [5, 5.41) is 2.19. The summed E-state index contributed by atoms with van der Waals surface area (Å²) in [6, 6.07) is 21.2. The minimum absolute atomic E-state index is 0.00468. The molecule has 0 bridgehead atoms. The van der Waals surface area contributed by atoms with Crippen LogP contribution in [-0.2, 0) is 15.7 Å². The molecule has 0 atom stereocenters. The number of hydrogen-bond acceptors (Lipinski definition) is 5. The number of para-hydroxylation sites is 1. The standard InChI is InChI=1S/C34H29F3O5/c1-3-5-9-27(38)32-26-8-6-7-10-28(26)42-33(32)23-13-17-25-22(19-23)14-18-29(41-20-30(39)40-4-2)31(25)21-11-15-24(16-12-21)34(35,36)37/h6-8,10-19H,3-5,9,20H2,1-2H3. The van der Waals surface area contributed by atoms with Gasteiger partial charge in [-0.15, -0.1) is 0 Å². The summed E-state index contributed by atoms with van der Waals surface area (Å²) in [6.07, 6.45) is -2.42. The Morgan fingerprint density at radius 3 is 2.31 bits per heavy atom. The molecule has 0 aliphatic carbocycles. The van der Waals surface area contributed by atoms with Crippen molar-refractivity contribution in [2.24, 2.45) is 0 Å². The molecule has 0 saturated carbocycles. The highest BCUT2D eigenvalue weighted by molar-refractivity contribution is 6.13. The number of ketones is 1. The average molecular weight is 575 g/mol. The maximum atomic E-state index is 13.3. The number of fused-ring (bicyclic) bond motifs is 2. The van der Waals surface area contributed by atoms with Gasteiger partial charge in [0.15, 0.2) is 12.4 Å². The van der Waals surface area contributed by atoms with Gasteiger partial charge in [0.1, 0.15) is 17.1 Å². The molecule has 0 aliphatic rings.